The Kier molecular flexibility index (Phi) is 16.9. The normalized spacial score (nSPS) is 13.7. The van der Waals surface area contributed by atoms with Crippen molar-refractivity contribution >= 4 is 47.9 Å². The van der Waals surface area contributed by atoms with Crippen LogP contribution < -0.4 is 21.3 Å². The average Bonchev–Trinajstić information content (AvgIpc) is 3.53. The number of ether oxygens (including phenoxy) is 2. The molecule has 2 rings (SSSR count). The summed E-state index contributed by atoms with van der Waals surface area (Å²) in [4.78, 5) is 97.8. The van der Waals surface area contributed by atoms with Gasteiger partial charge in [0.25, 0.3) is 23.6 Å². The molecule has 5 N–H and O–H groups in total. The van der Waals surface area contributed by atoms with Crippen molar-refractivity contribution in [3.05, 3.63) is 24.3 Å². The summed E-state index contributed by atoms with van der Waals surface area (Å²) in [5, 5.41) is 18.8. The zero-order valence-electron chi connectivity index (χ0n) is 25.5. The number of unbranched alkanes of at least 4 members (excludes halogenated alkanes) is 4. The highest BCUT2D eigenvalue weighted by molar-refractivity contribution is 6.13. The number of imide groups is 3. The van der Waals surface area contributed by atoms with Crippen molar-refractivity contribution in [2.75, 3.05) is 65.6 Å². The van der Waals surface area contributed by atoms with E-state index in [9.17, 15) is 38.4 Å². The summed E-state index contributed by atoms with van der Waals surface area (Å²) in [7, 11) is 0. The van der Waals surface area contributed by atoms with Gasteiger partial charge in [0.2, 0.25) is 0 Å². The number of urea groups is 2. The lowest BCUT2D eigenvalue weighted by atomic mass is 10.2. The summed E-state index contributed by atoms with van der Waals surface area (Å²) >= 11 is 0. The van der Waals surface area contributed by atoms with Crippen LogP contribution >= 0.6 is 0 Å². The largest absolute Gasteiger partial charge is 0.448 e. The van der Waals surface area contributed by atoms with Crippen LogP contribution in [0, 0.1) is 0 Å². The maximum atomic E-state index is 12.6. The highest BCUT2D eigenvalue weighted by atomic mass is 16.6. The molecule has 18 heteroatoms. The van der Waals surface area contributed by atoms with Gasteiger partial charge in [0.05, 0.1) is 19.7 Å². The first-order valence-electron chi connectivity index (χ1n) is 15.0. The fourth-order valence-electron chi connectivity index (χ4n) is 4.11. The Morgan fingerprint density at radius 1 is 0.587 bits per heavy atom. The van der Waals surface area contributed by atoms with Crippen LogP contribution in [0.2, 0.25) is 0 Å². The maximum Gasteiger partial charge on any atom is 0.407 e. The van der Waals surface area contributed by atoms with Gasteiger partial charge in [0, 0.05) is 57.0 Å². The molecule has 18 nitrogen and oxygen atoms in total. The molecule has 0 radical (unpaired) electrons. The van der Waals surface area contributed by atoms with Crippen LogP contribution in [0.3, 0.4) is 0 Å². The summed E-state index contributed by atoms with van der Waals surface area (Å²) in [6, 6.07) is -1.69. The topological polar surface area (TPSA) is 233 Å². The Bertz CT molecular complexity index is 1140. The fourth-order valence-corrected chi connectivity index (χ4v) is 4.11. The van der Waals surface area contributed by atoms with Crippen LogP contribution in [-0.4, -0.2) is 133 Å². The van der Waals surface area contributed by atoms with Crippen molar-refractivity contribution in [1.82, 2.24) is 36.0 Å². The number of carbonyl (C=O) groups excluding carboxylic acids is 8. The van der Waals surface area contributed by atoms with Gasteiger partial charge in [-0.05, 0) is 38.5 Å². The monoisotopic (exact) mass is 651 g/mol. The molecular formula is C28H41N7O11. The third-order valence-corrected chi connectivity index (χ3v) is 6.49. The number of carbonyl (C=O) groups is 8. The third-order valence-electron chi connectivity index (χ3n) is 6.49. The molecule has 0 aliphatic carbocycles. The van der Waals surface area contributed by atoms with Gasteiger partial charge in [0.15, 0.2) is 0 Å². The SMILES string of the molecule is O=C(NCCCCCN1C(=O)C=CC1=O)OCCNC(=O)N(CCOC(=O)NCCCCCN1C(=O)C=CC1=O)C(=O)NCCO. The number of alkyl carbamates (subject to hydrolysis) is 2. The molecule has 10 amide bonds. The molecule has 0 saturated carbocycles. The van der Waals surface area contributed by atoms with Crippen LogP contribution in [0.15, 0.2) is 24.3 Å². The zero-order valence-corrected chi connectivity index (χ0v) is 25.5. The summed E-state index contributed by atoms with van der Waals surface area (Å²) in [6.45, 7) is -0.255. The van der Waals surface area contributed by atoms with Gasteiger partial charge in [0.1, 0.15) is 13.2 Å². The molecule has 0 saturated heterocycles. The van der Waals surface area contributed by atoms with Crippen LogP contribution in [0.5, 0.6) is 0 Å². The highest BCUT2D eigenvalue weighted by Crippen LogP contribution is 2.07. The maximum absolute atomic E-state index is 12.6. The van der Waals surface area contributed by atoms with Gasteiger partial charge in [-0.25, -0.2) is 24.1 Å². The van der Waals surface area contributed by atoms with E-state index in [1.54, 1.807) is 0 Å². The minimum absolute atomic E-state index is 0.116. The molecular weight excluding hydrogens is 610 g/mol. The number of hydrogen-bond acceptors (Lipinski definition) is 11. The van der Waals surface area contributed by atoms with E-state index >= 15 is 0 Å². The van der Waals surface area contributed by atoms with Gasteiger partial charge in [-0.2, -0.15) is 0 Å². The first kappa shape index (κ1) is 37.2. The standard InChI is InChI=1S/C28H41N7O11/c36-18-13-29-25(41)35(17-20-46-28(44)32-12-4-2-6-16-34-23(39)9-10-24(34)40)26(42)30-14-19-45-27(43)31-11-3-1-5-15-33-21(37)7-8-22(33)38/h7-10,36H,1-6,11-20H2,(H,29,41)(H,30,42)(H,31,43)(H,32,44). The number of nitrogens with one attached hydrogen (secondary N) is 4. The van der Waals surface area contributed by atoms with E-state index in [0.29, 0.717) is 58.2 Å². The van der Waals surface area contributed by atoms with Gasteiger partial charge < -0.3 is 35.8 Å². The Morgan fingerprint density at radius 3 is 1.48 bits per heavy atom. The molecule has 0 bridgehead atoms. The first-order valence-corrected chi connectivity index (χ1v) is 15.0. The Balaban J connectivity index is 1.56. The lowest BCUT2D eigenvalue weighted by Crippen LogP contribution is -2.51. The summed E-state index contributed by atoms with van der Waals surface area (Å²) in [6.07, 6.45) is 7.04. The van der Waals surface area contributed by atoms with Crippen molar-refractivity contribution in [3.8, 4) is 0 Å². The minimum atomic E-state index is -0.848. The van der Waals surface area contributed by atoms with E-state index < -0.39 is 24.2 Å². The molecule has 2 heterocycles. The second kappa shape index (κ2) is 20.9. The molecule has 0 unspecified atom stereocenters. The second-order valence-electron chi connectivity index (χ2n) is 9.91. The van der Waals surface area contributed by atoms with E-state index in [4.69, 9.17) is 14.6 Å². The molecule has 2 aliphatic heterocycles. The molecule has 0 spiro atoms. The van der Waals surface area contributed by atoms with E-state index in [1.165, 1.54) is 24.3 Å². The Labute approximate surface area is 265 Å². The van der Waals surface area contributed by atoms with Crippen molar-refractivity contribution in [2.24, 2.45) is 0 Å². The first-order chi connectivity index (χ1) is 22.1. The van der Waals surface area contributed by atoms with Gasteiger partial charge in [-0.3, -0.25) is 29.0 Å². The number of rotatable bonds is 20. The minimum Gasteiger partial charge on any atom is -0.448 e. The number of aliphatic hydroxyl groups excluding tert-OH is 1. The van der Waals surface area contributed by atoms with E-state index in [-0.39, 0.29) is 69.6 Å². The molecule has 0 atom stereocenters. The van der Waals surface area contributed by atoms with Gasteiger partial charge >= 0.3 is 24.2 Å². The van der Waals surface area contributed by atoms with Crippen molar-refractivity contribution in [3.63, 3.8) is 0 Å². The average molecular weight is 652 g/mol. The molecule has 254 valence electrons. The quantitative estimate of drug-likeness (QED) is 0.0819. The molecule has 2 aliphatic rings. The van der Waals surface area contributed by atoms with Crippen LogP contribution in [0.4, 0.5) is 19.2 Å². The number of nitrogens with zero attached hydrogens (tertiary/aromatic N) is 3. The van der Waals surface area contributed by atoms with Gasteiger partial charge in [-0.1, -0.05) is 0 Å². The Hall–Kier alpha value is -5.00. The van der Waals surface area contributed by atoms with Crippen molar-refractivity contribution in [1.29, 1.82) is 0 Å². The summed E-state index contributed by atoms with van der Waals surface area (Å²) < 4.78 is 10.0. The third kappa shape index (κ3) is 13.7. The number of aliphatic hydroxyl groups is 1. The summed E-state index contributed by atoms with van der Waals surface area (Å²) in [5.41, 5.74) is 0. The van der Waals surface area contributed by atoms with Crippen LogP contribution in [-0.2, 0) is 28.7 Å². The fraction of sp³-hybridized carbons (Fsp3) is 0.571. The summed E-state index contributed by atoms with van der Waals surface area (Å²) in [5.74, 6) is -1.36. The highest BCUT2D eigenvalue weighted by Gasteiger charge is 2.24. The molecule has 0 fully saturated rings. The molecule has 0 aromatic heterocycles. The predicted molar refractivity (Wildman–Crippen MR) is 159 cm³/mol. The molecule has 0 aromatic rings. The molecule has 46 heavy (non-hydrogen) atoms. The lowest BCUT2D eigenvalue weighted by Gasteiger charge is -2.21. The molecule has 0 aromatic carbocycles. The lowest BCUT2D eigenvalue weighted by molar-refractivity contribution is -0.138. The number of hydrogen-bond donors (Lipinski definition) is 5. The van der Waals surface area contributed by atoms with E-state index in [1.807, 2.05) is 0 Å². The smallest absolute Gasteiger partial charge is 0.407 e. The number of amides is 10. The van der Waals surface area contributed by atoms with Crippen LogP contribution in [0.25, 0.3) is 0 Å². The van der Waals surface area contributed by atoms with Crippen molar-refractivity contribution in [2.45, 2.75) is 38.5 Å². The van der Waals surface area contributed by atoms with Crippen LogP contribution in [0.1, 0.15) is 38.5 Å². The van der Waals surface area contributed by atoms with E-state index in [2.05, 4.69) is 21.3 Å². The zero-order chi connectivity index (χ0) is 33.7. The Morgan fingerprint density at radius 2 is 1.02 bits per heavy atom. The van der Waals surface area contributed by atoms with Crippen molar-refractivity contribution < 1.29 is 52.9 Å². The van der Waals surface area contributed by atoms with E-state index in [0.717, 1.165) is 14.7 Å². The van der Waals surface area contributed by atoms with Gasteiger partial charge in [-0.15, -0.1) is 0 Å². The predicted octanol–water partition coefficient (Wildman–Crippen LogP) is -0.657. The second-order valence-corrected chi connectivity index (χ2v) is 9.91.